The monoisotopic (exact) mass is 257 g/mol. The largest absolute Gasteiger partial charge is 0.353 e. The maximum atomic E-state index is 11.3. The van der Waals surface area contributed by atoms with Crippen molar-refractivity contribution in [3.63, 3.8) is 0 Å². The normalized spacial score (nSPS) is 10.7. The van der Waals surface area contributed by atoms with Gasteiger partial charge in [-0.1, -0.05) is 36.2 Å². The van der Waals surface area contributed by atoms with Crippen molar-refractivity contribution >= 4 is 35.2 Å². The smallest absolute Gasteiger partial charge is 0.243 e. The fourth-order valence-electron chi connectivity index (χ4n) is 1.11. The highest BCUT2D eigenvalue weighted by Gasteiger charge is 1.98. The van der Waals surface area contributed by atoms with Gasteiger partial charge in [0, 0.05) is 22.7 Å². The van der Waals surface area contributed by atoms with E-state index >= 15 is 0 Å². The average Bonchev–Trinajstić information content (AvgIpc) is 2.25. The Morgan fingerprint density at radius 1 is 1.44 bits per heavy atom. The first-order chi connectivity index (χ1) is 7.63. The van der Waals surface area contributed by atoms with Crippen LogP contribution in [0.5, 0.6) is 0 Å². The van der Waals surface area contributed by atoms with Crippen molar-refractivity contribution in [2.45, 2.75) is 13.3 Å². The molecule has 16 heavy (non-hydrogen) atoms. The fraction of sp³-hybridized carbons (Fsp3) is 0.250. The number of benzene rings is 1. The molecule has 0 bridgehead atoms. The van der Waals surface area contributed by atoms with Gasteiger partial charge in [-0.2, -0.15) is 0 Å². The minimum atomic E-state index is -0.118. The number of rotatable bonds is 4. The first-order valence-corrected chi connectivity index (χ1v) is 5.80. The maximum absolute atomic E-state index is 11.3. The van der Waals surface area contributed by atoms with Gasteiger partial charge in [-0.25, -0.2) is 0 Å². The molecular formula is C12H13Cl2NO. The van der Waals surface area contributed by atoms with E-state index in [2.05, 4.69) is 5.32 Å². The molecule has 1 amide bonds. The molecule has 1 rings (SSSR count). The molecule has 0 aliphatic rings. The van der Waals surface area contributed by atoms with Crippen LogP contribution < -0.4 is 5.32 Å². The summed E-state index contributed by atoms with van der Waals surface area (Å²) in [5, 5.41) is 3.85. The van der Waals surface area contributed by atoms with Crippen LogP contribution in [0.4, 0.5) is 0 Å². The lowest BCUT2D eigenvalue weighted by Gasteiger charge is -2.00. The molecule has 0 spiro atoms. The Kier molecular flexibility index (Phi) is 5.36. The summed E-state index contributed by atoms with van der Waals surface area (Å²) in [5.74, 6) is -0.118. The molecule has 1 aromatic rings. The van der Waals surface area contributed by atoms with E-state index in [1.807, 2.05) is 6.92 Å². The van der Waals surface area contributed by atoms with Gasteiger partial charge >= 0.3 is 0 Å². The van der Waals surface area contributed by atoms with E-state index in [1.165, 1.54) is 6.08 Å². The molecule has 0 saturated heterocycles. The number of amides is 1. The van der Waals surface area contributed by atoms with Gasteiger partial charge in [0.25, 0.3) is 0 Å². The molecule has 0 fully saturated rings. The number of carbonyl (C=O) groups excluding carboxylic acids is 1. The van der Waals surface area contributed by atoms with Crippen molar-refractivity contribution in [1.82, 2.24) is 5.32 Å². The minimum absolute atomic E-state index is 0.118. The third-order valence-corrected chi connectivity index (χ3v) is 2.49. The van der Waals surface area contributed by atoms with E-state index < -0.39 is 0 Å². The van der Waals surface area contributed by atoms with E-state index in [1.54, 1.807) is 24.3 Å². The second-order valence-electron chi connectivity index (χ2n) is 3.29. The second-order valence-corrected chi connectivity index (χ2v) is 4.13. The third kappa shape index (κ3) is 4.25. The Labute approximate surface area is 105 Å². The minimum Gasteiger partial charge on any atom is -0.353 e. The first kappa shape index (κ1) is 13.1. The summed E-state index contributed by atoms with van der Waals surface area (Å²) in [6.45, 7) is 2.68. The van der Waals surface area contributed by atoms with Crippen molar-refractivity contribution in [3.05, 3.63) is 39.9 Å². The molecule has 0 unspecified atom stereocenters. The fourth-order valence-corrected chi connectivity index (χ4v) is 1.58. The predicted molar refractivity (Wildman–Crippen MR) is 68.8 cm³/mol. The Balaban J connectivity index is 2.65. The van der Waals surface area contributed by atoms with Crippen LogP contribution in [0.25, 0.3) is 6.08 Å². The molecule has 0 saturated carbocycles. The molecular weight excluding hydrogens is 245 g/mol. The molecule has 86 valence electrons. The summed E-state index contributed by atoms with van der Waals surface area (Å²) in [5.41, 5.74) is 0.776. The standard InChI is InChI=1S/C12H13Cl2NO/c1-2-7-15-12(16)6-4-9-3-5-10(13)8-11(9)14/h3-6,8H,2,7H2,1H3,(H,15,16)/b6-4+. The molecule has 1 N–H and O–H groups in total. The van der Waals surface area contributed by atoms with E-state index in [9.17, 15) is 4.79 Å². The summed E-state index contributed by atoms with van der Waals surface area (Å²) in [6.07, 6.45) is 4.05. The SMILES string of the molecule is CCCNC(=O)/C=C/c1ccc(Cl)cc1Cl. The third-order valence-electron chi connectivity index (χ3n) is 1.93. The quantitative estimate of drug-likeness (QED) is 0.822. The first-order valence-electron chi connectivity index (χ1n) is 5.04. The van der Waals surface area contributed by atoms with Crippen molar-refractivity contribution in [2.75, 3.05) is 6.54 Å². The predicted octanol–water partition coefficient (Wildman–Crippen LogP) is 3.53. The lowest BCUT2D eigenvalue weighted by atomic mass is 10.2. The highest BCUT2D eigenvalue weighted by Crippen LogP contribution is 2.21. The van der Waals surface area contributed by atoms with Crippen LogP contribution in [0, 0.1) is 0 Å². The summed E-state index contributed by atoms with van der Waals surface area (Å²) in [6, 6.07) is 5.15. The van der Waals surface area contributed by atoms with Gasteiger partial charge in [0.15, 0.2) is 0 Å². The van der Waals surface area contributed by atoms with Gasteiger partial charge in [-0.15, -0.1) is 0 Å². The van der Waals surface area contributed by atoms with E-state index in [4.69, 9.17) is 23.2 Å². The van der Waals surface area contributed by atoms with Gasteiger partial charge in [0.1, 0.15) is 0 Å². The van der Waals surface area contributed by atoms with Crippen molar-refractivity contribution in [2.24, 2.45) is 0 Å². The van der Waals surface area contributed by atoms with E-state index in [0.29, 0.717) is 16.6 Å². The topological polar surface area (TPSA) is 29.1 Å². The highest BCUT2D eigenvalue weighted by molar-refractivity contribution is 6.35. The molecule has 1 aromatic carbocycles. The lowest BCUT2D eigenvalue weighted by Crippen LogP contribution is -2.21. The van der Waals surface area contributed by atoms with Crippen molar-refractivity contribution in [1.29, 1.82) is 0 Å². The number of carbonyl (C=O) groups is 1. The van der Waals surface area contributed by atoms with Crippen LogP contribution >= 0.6 is 23.2 Å². The Morgan fingerprint density at radius 3 is 2.81 bits per heavy atom. The zero-order chi connectivity index (χ0) is 12.0. The van der Waals surface area contributed by atoms with Gasteiger partial charge in [-0.3, -0.25) is 4.79 Å². The van der Waals surface area contributed by atoms with Crippen LogP contribution in [0.2, 0.25) is 10.0 Å². The van der Waals surface area contributed by atoms with Gasteiger partial charge < -0.3 is 5.32 Å². The molecule has 2 nitrogen and oxygen atoms in total. The maximum Gasteiger partial charge on any atom is 0.243 e. The average molecular weight is 258 g/mol. The van der Waals surface area contributed by atoms with E-state index in [0.717, 1.165) is 12.0 Å². The lowest BCUT2D eigenvalue weighted by molar-refractivity contribution is -0.116. The van der Waals surface area contributed by atoms with E-state index in [-0.39, 0.29) is 5.91 Å². The number of halogens is 2. The Hall–Kier alpha value is -0.990. The Bertz CT molecular complexity index is 402. The van der Waals surface area contributed by atoms with Crippen LogP contribution in [0.3, 0.4) is 0 Å². The molecule has 0 heterocycles. The second kappa shape index (κ2) is 6.56. The molecule has 0 aromatic heterocycles. The summed E-state index contributed by atoms with van der Waals surface area (Å²) in [7, 11) is 0. The Morgan fingerprint density at radius 2 is 2.19 bits per heavy atom. The summed E-state index contributed by atoms with van der Waals surface area (Å²) in [4.78, 5) is 11.3. The van der Waals surface area contributed by atoms with Gasteiger partial charge in [0.05, 0.1) is 0 Å². The van der Waals surface area contributed by atoms with Gasteiger partial charge in [-0.05, 0) is 30.2 Å². The molecule has 0 aliphatic heterocycles. The zero-order valence-corrected chi connectivity index (χ0v) is 10.5. The number of hydrogen-bond donors (Lipinski definition) is 1. The molecule has 0 aliphatic carbocycles. The zero-order valence-electron chi connectivity index (χ0n) is 8.97. The molecule has 4 heteroatoms. The number of nitrogens with one attached hydrogen (secondary N) is 1. The number of hydrogen-bond acceptors (Lipinski definition) is 1. The van der Waals surface area contributed by atoms with Gasteiger partial charge in [0.2, 0.25) is 5.91 Å². The van der Waals surface area contributed by atoms with Crippen molar-refractivity contribution in [3.8, 4) is 0 Å². The summed E-state index contributed by atoms with van der Waals surface area (Å²) >= 11 is 11.7. The van der Waals surface area contributed by atoms with Crippen LogP contribution in [0.15, 0.2) is 24.3 Å². The molecule has 0 radical (unpaired) electrons. The van der Waals surface area contributed by atoms with Crippen LogP contribution in [-0.2, 0) is 4.79 Å². The van der Waals surface area contributed by atoms with Crippen LogP contribution in [0.1, 0.15) is 18.9 Å². The highest BCUT2D eigenvalue weighted by atomic mass is 35.5. The van der Waals surface area contributed by atoms with Crippen LogP contribution in [-0.4, -0.2) is 12.5 Å². The molecule has 0 atom stereocenters. The van der Waals surface area contributed by atoms with Crippen molar-refractivity contribution < 1.29 is 4.79 Å². The summed E-state index contributed by atoms with van der Waals surface area (Å²) < 4.78 is 0.